The molecule has 0 saturated heterocycles. The molecular formula is C16H19FN2. The Hall–Kier alpha value is -2.03. The van der Waals surface area contributed by atoms with Crippen molar-refractivity contribution in [2.75, 3.05) is 10.9 Å². The number of hydrogen-bond donors (Lipinski definition) is 2. The van der Waals surface area contributed by atoms with E-state index in [4.69, 9.17) is 0 Å². The van der Waals surface area contributed by atoms with Crippen molar-refractivity contribution in [1.29, 1.82) is 0 Å². The molecule has 0 aliphatic heterocycles. The number of aryl methyl sites for hydroxylation is 3. The number of para-hydroxylation sites is 2. The van der Waals surface area contributed by atoms with E-state index < -0.39 is 0 Å². The smallest absolute Gasteiger partial charge is 0.0922 e. The Balaban J connectivity index is 2.44. The van der Waals surface area contributed by atoms with E-state index in [0.717, 1.165) is 34.5 Å². The van der Waals surface area contributed by atoms with Gasteiger partial charge in [-0.25, -0.2) is 5.54 Å². The van der Waals surface area contributed by atoms with Gasteiger partial charge in [-0.2, -0.15) is 0 Å². The van der Waals surface area contributed by atoms with Crippen LogP contribution in [0, 0.1) is 13.8 Å². The molecule has 0 bridgehead atoms. The van der Waals surface area contributed by atoms with Crippen molar-refractivity contribution in [3.63, 3.8) is 0 Å². The molecule has 0 heterocycles. The van der Waals surface area contributed by atoms with Crippen LogP contribution in [0.2, 0.25) is 0 Å². The zero-order chi connectivity index (χ0) is 13.8. The highest BCUT2D eigenvalue weighted by molar-refractivity contribution is 5.78. The summed E-state index contributed by atoms with van der Waals surface area (Å²) < 4.78 is 13.0. The largest absolute Gasteiger partial charge is 0.353 e. The van der Waals surface area contributed by atoms with E-state index in [1.807, 2.05) is 62.7 Å². The van der Waals surface area contributed by atoms with E-state index in [1.165, 1.54) is 0 Å². The second-order valence-corrected chi connectivity index (χ2v) is 4.68. The molecule has 2 nitrogen and oxygen atoms in total. The summed E-state index contributed by atoms with van der Waals surface area (Å²) in [6.07, 6.45) is 0.786. The standard InChI is InChI=1S/C16H19FN2/c1-4-13-9-6-10-14(16(13)19-17)18-15-11(2)7-5-8-12(15)3/h5-10,18-19H,4H2,1-3H3. The Labute approximate surface area is 113 Å². The van der Waals surface area contributed by atoms with E-state index in [0.29, 0.717) is 5.69 Å². The van der Waals surface area contributed by atoms with Gasteiger partial charge in [0, 0.05) is 5.69 Å². The highest BCUT2D eigenvalue weighted by Gasteiger charge is 2.09. The summed E-state index contributed by atoms with van der Waals surface area (Å²) in [6.45, 7) is 6.10. The first-order valence-corrected chi connectivity index (χ1v) is 6.49. The number of hydrogen-bond acceptors (Lipinski definition) is 2. The first-order valence-electron chi connectivity index (χ1n) is 6.49. The maximum absolute atomic E-state index is 13.0. The molecule has 2 N–H and O–H groups in total. The normalized spacial score (nSPS) is 10.3. The summed E-state index contributed by atoms with van der Waals surface area (Å²) in [5.41, 5.74) is 7.38. The van der Waals surface area contributed by atoms with Crippen molar-refractivity contribution in [3.8, 4) is 0 Å². The first-order chi connectivity index (χ1) is 9.17. The minimum atomic E-state index is 0.521. The molecular weight excluding hydrogens is 239 g/mol. The van der Waals surface area contributed by atoms with Gasteiger partial charge in [0.2, 0.25) is 0 Å². The van der Waals surface area contributed by atoms with Crippen LogP contribution in [0.15, 0.2) is 36.4 Å². The number of anilines is 3. The first kappa shape index (κ1) is 13.4. The van der Waals surface area contributed by atoms with Crippen LogP contribution in [0.4, 0.5) is 21.5 Å². The van der Waals surface area contributed by atoms with Gasteiger partial charge in [-0.05, 0) is 43.0 Å². The van der Waals surface area contributed by atoms with Gasteiger partial charge in [0.15, 0.2) is 0 Å². The van der Waals surface area contributed by atoms with Crippen molar-refractivity contribution >= 4 is 17.1 Å². The van der Waals surface area contributed by atoms with Crippen molar-refractivity contribution < 1.29 is 4.48 Å². The molecule has 0 spiro atoms. The number of rotatable bonds is 4. The predicted molar refractivity (Wildman–Crippen MR) is 79.7 cm³/mol. The predicted octanol–water partition coefficient (Wildman–Crippen LogP) is 4.91. The van der Waals surface area contributed by atoms with Crippen molar-refractivity contribution in [3.05, 3.63) is 53.1 Å². The lowest BCUT2D eigenvalue weighted by atomic mass is 10.1. The summed E-state index contributed by atoms with van der Waals surface area (Å²) in [5.74, 6) is 0. The van der Waals surface area contributed by atoms with Crippen LogP contribution >= 0.6 is 0 Å². The fraction of sp³-hybridized carbons (Fsp3) is 0.250. The Bertz CT molecular complexity index is 559. The van der Waals surface area contributed by atoms with E-state index in [9.17, 15) is 4.48 Å². The zero-order valence-corrected chi connectivity index (χ0v) is 11.5. The minimum absolute atomic E-state index is 0.521. The third-order valence-corrected chi connectivity index (χ3v) is 3.37. The van der Waals surface area contributed by atoms with E-state index in [2.05, 4.69) is 5.32 Å². The SMILES string of the molecule is CCc1cccc(Nc2c(C)cccc2C)c1NF. The van der Waals surface area contributed by atoms with E-state index >= 15 is 0 Å². The molecule has 3 heteroatoms. The van der Waals surface area contributed by atoms with Crippen molar-refractivity contribution in [1.82, 2.24) is 0 Å². The van der Waals surface area contributed by atoms with Gasteiger partial charge in [-0.3, -0.25) is 0 Å². The monoisotopic (exact) mass is 258 g/mol. The Morgan fingerprint density at radius 3 is 2.16 bits per heavy atom. The van der Waals surface area contributed by atoms with Crippen LogP contribution < -0.4 is 10.9 Å². The Morgan fingerprint density at radius 1 is 0.947 bits per heavy atom. The van der Waals surface area contributed by atoms with E-state index in [-0.39, 0.29) is 0 Å². The van der Waals surface area contributed by atoms with Crippen molar-refractivity contribution in [2.45, 2.75) is 27.2 Å². The topological polar surface area (TPSA) is 24.1 Å². The van der Waals surface area contributed by atoms with Crippen LogP contribution in [0.3, 0.4) is 0 Å². The molecule has 0 saturated carbocycles. The average molecular weight is 258 g/mol. The highest BCUT2D eigenvalue weighted by atomic mass is 19.2. The van der Waals surface area contributed by atoms with E-state index in [1.54, 1.807) is 0 Å². The molecule has 100 valence electrons. The molecule has 0 atom stereocenters. The van der Waals surface area contributed by atoms with Crippen LogP contribution in [-0.2, 0) is 6.42 Å². The zero-order valence-electron chi connectivity index (χ0n) is 11.5. The Kier molecular flexibility index (Phi) is 4.05. The molecule has 0 aromatic heterocycles. The molecule has 0 aliphatic carbocycles. The van der Waals surface area contributed by atoms with Crippen LogP contribution in [0.5, 0.6) is 0 Å². The van der Waals surface area contributed by atoms with Crippen molar-refractivity contribution in [2.24, 2.45) is 0 Å². The average Bonchev–Trinajstić information content (AvgIpc) is 2.42. The molecule has 19 heavy (non-hydrogen) atoms. The maximum atomic E-state index is 13.0. The lowest BCUT2D eigenvalue weighted by molar-refractivity contribution is 0.616. The number of halogens is 1. The van der Waals surface area contributed by atoms with Gasteiger partial charge < -0.3 is 5.32 Å². The van der Waals surface area contributed by atoms with Gasteiger partial charge in [0.25, 0.3) is 0 Å². The molecule has 0 radical (unpaired) electrons. The third kappa shape index (κ3) is 2.70. The fourth-order valence-electron chi connectivity index (χ4n) is 2.26. The molecule has 0 aliphatic rings. The third-order valence-electron chi connectivity index (χ3n) is 3.37. The summed E-state index contributed by atoms with van der Waals surface area (Å²) in [5, 5.41) is 3.33. The second-order valence-electron chi connectivity index (χ2n) is 4.68. The number of nitrogens with one attached hydrogen (secondary N) is 2. The fourth-order valence-corrected chi connectivity index (χ4v) is 2.26. The lowest BCUT2D eigenvalue weighted by Gasteiger charge is -2.16. The maximum Gasteiger partial charge on any atom is 0.0922 e. The van der Waals surface area contributed by atoms with Gasteiger partial charge >= 0.3 is 0 Å². The summed E-state index contributed by atoms with van der Waals surface area (Å²) >= 11 is 0. The van der Waals surface area contributed by atoms with Gasteiger partial charge in [-0.1, -0.05) is 37.3 Å². The van der Waals surface area contributed by atoms with Crippen LogP contribution in [0.25, 0.3) is 0 Å². The summed E-state index contributed by atoms with van der Waals surface area (Å²) in [6, 6.07) is 11.9. The quantitative estimate of drug-likeness (QED) is 0.762. The van der Waals surface area contributed by atoms with Gasteiger partial charge in [0.05, 0.1) is 11.4 Å². The molecule has 2 rings (SSSR count). The molecule has 2 aromatic carbocycles. The second kappa shape index (κ2) is 5.74. The summed E-state index contributed by atoms with van der Waals surface area (Å²) in [7, 11) is 0. The lowest BCUT2D eigenvalue weighted by Crippen LogP contribution is -2.01. The highest BCUT2D eigenvalue weighted by Crippen LogP contribution is 2.32. The molecule has 0 amide bonds. The van der Waals surface area contributed by atoms with Gasteiger partial charge in [-0.15, -0.1) is 4.48 Å². The molecule has 2 aromatic rings. The summed E-state index contributed by atoms with van der Waals surface area (Å²) in [4.78, 5) is 0. The van der Waals surface area contributed by atoms with Crippen LogP contribution in [-0.4, -0.2) is 0 Å². The Morgan fingerprint density at radius 2 is 1.58 bits per heavy atom. The molecule has 0 unspecified atom stereocenters. The van der Waals surface area contributed by atoms with Gasteiger partial charge in [0.1, 0.15) is 0 Å². The number of benzene rings is 2. The minimum Gasteiger partial charge on any atom is -0.353 e. The van der Waals surface area contributed by atoms with Crippen LogP contribution in [0.1, 0.15) is 23.6 Å². The molecule has 0 fully saturated rings.